The Hall–Kier alpha value is -3.33. The molecule has 9 heteroatoms. The predicted octanol–water partition coefficient (Wildman–Crippen LogP) is 3.53. The van der Waals surface area contributed by atoms with Crippen molar-refractivity contribution >= 4 is 5.91 Å². The normalized spacial score (nSPS) is 22.9. The van der Waals surface area contributed by atoms with Crippen LogP contribution in [0.25, 0.3) is 11.3 Å². The van der Waals surface area contributed by atoms with E-state index >= 15 is 0 Å². The molecular weight excluding hydrogens is 440 g/mol. The first-order chi connectivity index (χ1) is 16.2. The third-order valence-corrected chi connectivity index (χ3v) is 7.46. The first kappa shape index (κ1) is 22.5. The minimum absolute atomic E-state index is 0.0123. The molecule has 0 spiro atoms. The van der Waals surface area contributed by atoms with Gasteiger partial charge in [-0.25, -0.2) is 18.7 Å². The van der Waals surface area contributed by atoms with Gasteiger partial charge in [-0.2, -0.15) is 5.10 Å². The zero-order valence-corrected chi connectivity index (χ0v) is 19.1. The van der Waals surface area contributed by atoms with E-state index in [1.165, 1.54) is 18.2 Å². The van der Waals surface area contributed by atoms with E-state index in [0.29, 0.717) is 5.69 Å². The van der Waals surface area contributed by atoms with Gasteiger partial charge in [0.05, 0.1) is 34.2 Å². The molecule has 1 aromatic carbocycles. The van der Waals surface area contributed by atoms with Crippen molar-refractivity contribution < 1.29 is 18.7 Å². The molecule has 2 bridgehead atoms. The largest absolute Gasteiger partial charge is 0.392 e. The average molecular weight is 466 g/mol. The van der Waals surface area contributed by atoms with Crippen molar-refractivity contribution in [2.75, 3.05) is 6.54 Å². The van der Waals surface area contributed by atoms with Gasteiger partial charge in [0, 0.05) is 12.7 Å². The van der Waals surface area contributed by atoms with Gasteiger partial charge >= 0.3 is 0 Å². The summed E-state index contributed by atoms with van der Waals surface area (Å²) in [7, 11) is 0. The summed E-state index contributed by atoms with van der Waals surface area (Å²) >= 11 is 0. The maximum absolute atomic E-state index is 14.4. The van der Waals surface area contributed by atoms with Crippen LogP contribution in [0.5, 0.6) is 0 Å². The number of halogens is 2. The summed E-state index contributed by atoms with van der Waals surface area (Å²) in [4.78, 5) is 21.3. The van der Waals surface area contributed by atoms with Gasteiger partial charge in [-0.05, 0) is 60.9 Å². The molecule has 34 heavy (non-hydrogen) atoms. The Balaban J connectivity index is 1.61. The molecule has 0 saturated heterocycles. The van der Waals surface area contributed by atoms with Crippen LogP contribution in [-0.2, 0) is 5.41 Å². The average Bonchev–Trinajstić information content (AvgIpc) is 3.18. The van der Waals surface area contributed by atoms with Crippen molar-refractivity contribution in [3.8, 4) is 11.3 Å². The van der Waals surface area contributed by atoms with Gasteiger partial charge in [-0.1, -0.05) is 19.9 Å². The van der Waals surface area contributed by atoms with Crippen molar-refractivity contribution in [1.29, 1.82) is 0 Å². The minimum Gasteiger partial charge on any atom is -0.392 e. The number of benzene rings is 1. The molecule has 7 nitrogen and oxygen atoms in total. The molecule has 0 radical (unpaired) electrons. The number of aliphatic hydroxyl groups excluding tert-OH is 1. The lowest BCUT2D eigenvalue weighted by Crippen LogP contribution is -2.39. The molecular formula is C25H25F2N5O2. The molecule has 2 heterocycles. The monoisotopic (exact) mass is 465 g/mol. The molecule has 1 amide bonds. The molecule has 1 saturated carbocycles. The van der Waals surface area contributed by atoms with Crippen LogP contribution in [0.4, 0.5) is 8.78 Å². The number of aliphatic hydroxyl groups is 1. The topological polar surface area (TPSA) is 101 Å². The van der Waals surface area contributed by atoms with Crippen molar-refractivity contribution in [3.63, 3.8) is 0 Å². The van der Waals surface area contributed by atoms with Gasteiger partial charge in [-0.15, -0.1) is 5.10 Å². The third-order valence-electron chi connectivity index (χ3n) is 7.46. The van der Waals surface area contributed by atoms with Gasteiger partial charge in [0.15, 0.2) is 0 Å². The number of carbonyl (C=O) groups is 1. The highest BCUT2D eigenvalue weighted by molar-refractivity contribution is 5.90. The van der Waals surface area contributed by atoms with Crippen LogP contribution in [0.15, 0.2) is 36.5 Å². The smallest absolute Gasteiger partial charge is 0.289 e. The standard InChI is InChI=1S/C25H25F2N5O2/c1-13(33)12-29-23(34)22-28-10-8-19(30-22)25-9-7-15(24(25,2)3)14-11-18(31-32-21(14)25)20-16(26)5-4-6-17(20)27/h4-6,8,10-11,13,15,33H,7,9,12H2,1-3H3,(H,29,34)/t13-,15-,25+/m0/s1. The van der Waals surface area contributed by atoms with E-state index in [9.17, 15) is 18.7 Å². The summed E-state index contributed by atoms with van der Waals surface area (Å²) in [6.45, 7) is 5.93. The lowest BCUT2D eigenvalue weighted by molar-refractivity contribution is 0.0912. The third kappa shape index (κ3) is 3.14. The number of hydrogen-bond acceptors (Lipinski definition) is 6. The van der Waals surface area contributed by atoms with Crippen LogP contribution in [0.3, 0.4) is 0 Å². The number of nitrogens with one attached hydrogen (secondary N) is 1. The number of hydrogen-bond donors (Lipinski definition) is 2. The highest BCUT2D eigenvalue weighted by Gasteiger charge is 2.65. The lowest BCUT2D eigenvalue weighted by atomic mass is 9.66. The fourth-order valence-electron chi connectivity index (χ4n) is 5.78. The van der Waals surface area contributed by atoms with Crippen molar-refractivity contribution in [3.05, 3.63) is 70.9 Å². The van der Waals surface area contributed by atoms with Crippen LogP contribution >= 0.6 is 0 Å². The second-order valence-electron chi connectivity index (χ2n) is 9.67. The number of fused-ring (bicyclic) bond motifs is 5. The first-order valence-electron chi connectivity index (χ1n) is 11.3. The highest BCUT2D eigenvalue weighted by atomic mass is 19.1. The molecule has 1 fully saturated rings. The van der Waals surface area contributed by atoms with Gasteiger partial charge < -0.3 is 10.4 Å². The lowest BCUT2D eigenvalue weighted by Gasteiger charge is -2.37. The Morgan fingerprint density at radius 1 is 1.24 bits per heavy atom. The van der Waals surface area contributed by atoms with Gasteiger partial charge in [0.25, 0.3) is 5.91 Å². The van der Waals surface area contributed by atoms with Crippen LogP contribution in [0.2, 0.25) is 0 Å². The molecule has 2 N–H and O–H groups in total. The number of carbonyl (C=O) groups excluding carboxylic acids is 1. The molecule has 2 aliphatic rings. The van der Waals surface area contributed by atoms with Crippen LogP contribution < -0.4 is 5.32 Å². The quantitative estimate of drug-likeness (QED) is 0.598. The molecule has 2 aromatic heterocycles. The summed E-state index contributed by atoms with van der Waals surface area (Å²) in [5, 5.41) is 20.8. The summed E-state index contributed by atoms with van der Waals surface area (Å²) in [6.07, 6.45) is 2.46. The summed E-state index contributed by atoms with van der Waals surface area (Å²) in [5.74, 6) is -1.74. The van der Waals surface area contributed by atoms with Gasteiger partial charge in [0.2, 0.25) is 5.82 Å². The number of amides is 1. The summed E-state index contributed by atoms with van der Waals surface area (Å²) in [6, 6.07) is 7.26. The van der Waals surface area contributed by atoms with E-state index in [1.807, 2.05) is 0 Å². The maximum atomic E-state index is 14.4. The van der Waals surface area contributed by atoms with Crippen LogP contribution in [-0.4, -0.2) is 43.8 Å². The van der Waals surface area contributed by atoms with Crippen LogP contribution in [0, 0.1) is 17.0 Å². The Morgan fingerprint density at radius 2 is 1.97 bits per heavy atom. The number of nitrogens with zero attached hydrogens (tertiary/aromatic N) is 4. The minimum atomic E-state index is -0.689. The van der Waals surface area contributed by atoms with Crippen LogP contribution in [0.1, 0.15) is 67.1 Å². The Morgan fingerprint density at radius 3 is 2.68 bits per heavy atom. The van der Waals surface area contributed by atoms with E-state index in [4.69, 9.17) is 0 Å². The molecule has 2 aliphatic carbocycles. The van der Waals surface area contributed by atoms with E-state index in [0.717, 1.165) is 24.1 Å². The second-order valence-corrected chi connectivity index (χ2v) is 9.67. The maximum Gasteiger partial charge on any atom is 0.289 e. The fourth-order valence-corrected chi connectivity index (χ4v) is 5.78. The van der Waals surface area contributed by atoms with E-state index in [-0.39, 0.29) is 35.0 Å². The van der Waals surface area contributed by atoms with Crippen molar-refractivity contribution in [1.82, 2.24) is 25.5 Å². The SMILES string of the molecule is C[C@H](O)CNC(=O)c1nccc([C@]23CC[C@@H](c4cc(-c5c(F)cccc5F)nnc42)C3(C)C)n1. The zero-order valence-electron chi connectivity index (χ0n) is 19.1. The van der Waals surface area contributed by atoms with Gasteiger partial charge in [-0.3, -0.25) is 4.79 Å². The molecule has 176 valence electrons. The Bertz CT molecular complexity index is 1280. The summed E-state index contributed by atoms with van der Waals surface area (Å²) in [5.41, 5.74) is 1.33. The summed E-state index contributed by atoms with van der Waals surface area (Å²) < 4.78 is 28.8. The van der Waals surface area contributed by atoms with Gasteiger partial charge in [0.1, 0.15) is 11.6 Å². The number of rotatable bonds is 5. The predicted molar refractivity (Wildman–Crippen MR) is 120 cm³/mol. The second kappa shape index (κ2) is 7.87. The number of aromatic nitrogens is 4. The Labute approximate surface area is 195 Å². The van der Waals surface area contributed by atoms with E-state index in [1.54, 1.807) is 25.3 Å². The molecule has 0 unspecified atom stereocenters. The molecule has 5 rings (SSSR count). The van der Waals surface area contributed by atoms with Crippen molar-refractivity contribution in [2.24, 2.45) is 5.41 Å². The first-order valence-corrected chi connectivity index (χ1v) is 11.3. The zero-order chi connectivity index (χ0) is 24.3. The fraction of sp³-hybridized carbons (Fsp3) is 0.400. The van der Waals surface area contributed by atoms with E-state index < -0.39 is 29.1 Å². The Kier molecular flexibility index (Phi) is 5.20. The highest BCUT2D eigenvalue weighted by Crippen LogP contribution is 2.69. The van der Waals surface area contributed by atoms with E-state index in [2.05, 4.69) is 39.3 Å². The van der Waals surface area contributed by atoms with Crippen molar-refractivity contribution in [2.45, 2.75) is 51.0 Å². The molecule has 0 aliphatic heterocycles. The molecule has 3 atom stereocenters. The molecule has 3 aromatic rings.